The summed E-state index contributed by atoms with van der Waals surface area (Å²) in [5.41, 5.74) is 19.0. The number of fused-ring (bicyclic) bond motifs is 12. The minimum absolute atomic E-state index is 0.886. The maximum absolute atomic E-state index is 6.71. The van der Waals surface area contributed by atoms with Crippen molar-refractivity contribution < 1.29 is 8.83 Å². The first-order valence-electron chi connectivity index (χ1n) is 27.1. The molecule has 12 aromatic carbocycles. The molecule has 16 rings (SSSR count). The summed E-state index contributed by atoms with van der Waals surface area (Å²) in [6.45, 7) is 4.50. The summed E-state index contributed by atoms with van der Waals surface area (Å²) < 4.78 is 18.5. The molecule has 0 aliphatic carbocycles. The Labute approximate surface area is 469 Å². The SMILES string of the molecule is Cc1cc(-c2ccc(N(c3ccc4sc5ccccc5c4c3)c3ccccc3-c3cccc4c3oc3ccccc34)c(C)c2)ccc1N(c1ccc2sc3ccccc3c2c1)c1ccccc1-c1cccc2c1oc1ccccc12. The Bertz CT molecular complexity index is 4830. The van der Waals surface area contributed by atoms with Gasteiger partial charge in [-0.15, -0.1) is 22.7 Å². The number of thiophene rings is 2. The highest BCUT2D eigenvalue weighted by atomic mass is 32.1. The number of benzene rings is 12. The van der Waals surface area contributed by atoms with Crippen molar-refractivity contribution in [1.29, 1.82) is 0 Å². The van der Waals surface area contributed by atoms with Crippen molar-refractivity contribution in [3.05, 3.63) is 266 Å². The van der Waals surface area contributed by atoms with Crippen molar-refractivity contribution in [2.24, 2.45) is 0 Å². The molecule has 16 aromatic rings. The second kappa shape index (κ2) is 18.5. The van der Waals surface area contributed by atoms with Gasteiger partial charge in [0.15, 0.2) is 0 Å². The summed E-state index contributed by atoms with van der Waals surface area (Å²) in [5.74, 6) is 0. The number of anilines is 6. The van der Waals surface area contributed by atoms with E-state index in [2.05, 4.69) is 266 Å². The summed E-state index contributed by atoms with van der Waals surface area (Å²) in [6, 6.07) is 92.6. The molecule has 4 heterocycles. The van der Waals surface area contributed by atoms with E-state index in [0.717, 1.165) is 123 Å². The lowest BCUT2D eigenvalue weighted by Crippen LogP contribution is -2.13. The molecule has 6 heteroatoms. The molecule has 4 nitrogen and oxygen atoms in total. The molecule has 0 amide bonds. The van der Waals surface area contributed by atoms with E-state index in [4.69, 9.17) is 8.83 Å². The van der Waals surface area contributed by atoms with Gasteiger partial charge in [0.25, 0.3) is 0 Å². The Morgan fingerprint density at radius 2 is 0.650 bits per heavy atom. The third-order valence-corrected chi connectivity index (χ3v) is 18.4. The van der Waals surface area contributed by atoms with Crippen LogP contribution in [0.4, 0.5) is 34.1 Å². The minimum atomic E-state index is 0.886. The van der Waals surface area contributed by atoms with Crippen molar-refractivity contribution >= 4 is 141 Å². The molecule has 378 valence electrons. The molecule has 4 aromatic heterocycles. The van der Waals surface area contributed by atoms with Crippen LogP contribution in [-0.2, 0) is 0 Å². The van der Waals surface area contributed by atoms with Crippen molar-refractivity contribution in [2.75, 3.05) is 9.80 Å². The quantitative estimate of drug-likeness (QED) is 0.144. The number of hydrogen-bond acceptors (Lipinski definition) is 6. The summed E-state index contributed by atoms with van der Waals surface area (Å²) in [5, 5.41) is 9.49. The van der Waals surface area contributed by atoms with Crippen LogP contribution in [0.1, 0.15) is 11.1 Å². The monoisotopic (exact) mass is 1060 g/mol. The first-order chi connectivity index (χ1) is 39.5. The average Bonchev–Trinajstić information content (AvgIpc) is 4.46. The van der Waals surface area contributed by atoms with E-state index in [-0.39, 0.29) is 0 Å². The lowest BCUT2D eigenvalue weighted by Gasteiger charge is -2.30. The van der Waals surface area contributed by atoms with Gasteiger partial charge in [-0.3, -0.25) is 0 Å². The number of para-hydroxylation sites is 6. The van der Waals surface area contributed by atoms with Crippen LogP contribution in [0, 0.1) is 13.8 Å². The van der Waals surface area contributed by atoms with Crippen LogP contribution in [0.3, 0.4) is 0 Å². The van der Waals surface area contributed by atoms with E-state index < -0.39 is 0 Å². The van der Waals surface area contributed by atoms with E-state index >= 15 is 0 Å². The zero-order valence-corrected chi connectivity index (χ0v) is 45.4. The van der Waals surface area contributed by atoms with Crippen LogP contribution in [0.2, 0.25) is 0 Å². The summed E-state index contributed by atoms with van der Waals surface area (Å²) in [6.07, 6.45) is 0. The predicted molar refractivity (Wildman–Crippen MR) is 342 cm³/mol. The average molecular weight is 1060 g/mol. The first-order valence-corrected chi connectivity index (χ1v) is 28.8. The Morgan fingerprint density at radius 3 is 1.11 bits per heavy atom. The second-order valence-corrected chi connectivity index (χ2v) is 23.0. The van der Waals surface area contributed by atoms with Crippen molar-refractivity contribution in [2.45, 2.75) is 13.8 Å². The van der Waals surface area contributed by atoms with Crippen molar-refractivity contribution in [3.63, 3.8) is 0 Å². The van der Waals surface area contributed by atoms with Gasteiger partial charge < -0.3 is 18.6 Å². The standard InChI is InChI=1S/C74H48N2O2S2/c1-45-41-47(33-37-63(45)75(49-35-39-71-61(43-49)55-21-7-13-31-69(55)79-71)65-27-9-3-17-51(65)57-23-15-25-59-53-19-5-11-29-67(53)77-73(57)59)48-34-38-64(46(2)42-48)76(50-36-40-72-62(44-50)56-22-8-14-32-70(56)80-72)66-28-10-4-18-52(66)58-24-16-26-60-54-20-6-12-30-68(54)78-74(58)60/h3-44H,1-2H3. The smallest absolute Gasteiger partial charge is 0.143 e. The first kappa shape index (κ1) is 46.4. The molecule has 0 saturated carbocycles. The molecule has 0 bridgehead atoms. The molecule has 0 aliphatic heterocycles. The second-order valence-electron chi connectivity index (χ2n) is 20.8. The fraction of sp³-hybridized carbons (Fsp3) is 0.0270. The fourth-order valence-electron chi connectivity index (χ4n) is 12.4. The molecule has 0 spiro atoms. The number of nitrogens with zero attached hydrogens (tertiary/aromatic N) is 2. The van der Waals surface area contributed by atoms with Crippen LogP contribution >= 0.6 is 22.7 Å². The van der Waals surface area contributed by atoms with E-state index in [0.29, 0.717) is 0 Å². The van der Waals surface area contributed by atoms with E-state index in [9.17, 15) is 0 Å². The topological polar surface area (TPSA) is 32.8 Å². The molecular formula is C74H48N2O2S2. The lowest BCUT2D eigenvalue weighted by molar-refractivity contribution is 0.669. The van der Waals surface area contributed by atoms with Gasteiger partial charge in [-0.25, -0.2) is 0 Å². The van der Waals surface area contributed by atoms with Gasteiger partial charge in [-0.05, 0) is 133 Å². The Morgan fingerprint density at radius 1 is 0.275 bits per heavy atom. The minimum Gasteiger partial charge on any atom is -0.455 e. The maximum Gasteiger partial charge on any atom is 0.143 e. The number of hydrogen-bond donors (Lipinski definition) is 0. The van der Waals surface area contributed by atoms with Gasteiger partial charge in [0.2, 0.25) is 0 Å². The predicted octanol–water partition coefficient (Wildman–Crippen LogP) is 22.8. The number of aryl methyl sites for hydroxylation is 2. The molecule has 0 N–H and O–H groups in total. The normalized spacial score (nSPS) is 11.9. The van der Waals surface area contributed by atoms with Crippen molar-refractivity contribution in [1.82, 2.24) is 0 Å². The molecule has 0 unspecified atom stereocenters. The molecule has 0 fully saturated rings. The van der Waals surface area contributed by atoms with Crippen LogP contribution in [0.15, 0.2) is 264 Å². The number of rotatable bonds is 9. The van der Waals surface area contributed by atoms with Gasteiger partial charge in [0.05, 0.1) is 11.4 Å². The highest BCUT2D eigenvalue weighted by Crippen LogP contribution is 2.50. The molecule has 80 heavy (non-hydrogen) atoms. The van der Waals surface area contributed by atoms with Crippen molar-refractivity contribution in [3.8, 4) is 33.4 Å². The molecule has 0 atom stereocenters. The van der Waals surface area contributed by atoms with E-state index in [1.54, 1.807) is 0 Å². The zero-order valence-electron chi connectivity index (χ0n) is 43.8. The van der Waals surface area contributed by atoms with Gasteiger partial charge in [0, 0.05) is 107 Å². The fourth-order valence-corrected chi connectivity index (χ4v) is 14.6. The van der Waals surface area contributed by atoms with Crippen LogP contribution in [-0.4, -0.2) is 0 Å². The third-order valence-electron chi connectivity index (χ3n) is 16.1. The molecule has 0 radical (unpaired) electrons. The summed E-state index contributed by atoms with van der Waals surface area (Å²) in [7, 11) is 0. The third kappa shape index (κ3) is 7.41. The summed E-state index contributed by atoms with van der Waals surface area (Å²) >= 11 is 3.69. The van der Waals surface area contributed by atoms with Gasteiger partial charge in [-0.2, -0.15) is 0 Å². The molecular weight excluding hydrogens is 1010 g/mol. The number of furan rings is 2. The Balaban J connectivity index is 0.840. The van der Waals surface area contributed by atoms with E-state index in [1.807, 2.05) is 34.8 Å². The largest absolute Gasteiger partial charge is 0.455 e. The summed E-state index contributed by atoms with van der Waals surface area (Å²) in [4.78, 5) is 4.90. The zero-order chi connectivity index (χ0) is 53.0. The van der Waals surface area contributed by atoms with Crippen LogP contribution in [0.25, 0.3) is 118 Å². The van der Waals surface area contributed by atoms with Gasteiger partial charge in [0.1, 0.15) is 22.3 Å². The van der Waals surface area contributed by atoms with E-state index in [1.165, 1.54) is 40.3 Å². The maximum atomic E-state index is 6.71. The highest BCUT2D eigenvalue weighted by molar-refractivity contribution is 7.26. The lowest BCUT2D eigenvalue weighted by atomic mass is 9.96. The van der Waals surface area contributed by atoms with Crippen LogP contribution < -0.4 is 9.80 Å². The Kier molecular flexibility index (Phi) is 10.7. The molecule has 0 aliphatic rings. The molecule has 0 saturated heterocycles. The van der Waals surface area contributed by atoms with Crippen LogP contribution in [0.5, 0.6) is 0 Å². The van der Waals surface area contributed by atoms with Gasteiger partial charge >= 0.3 is 0 Å². The highest BCUT2D eigenvalue weighted by Gasteiger charge is 2.25. The Hall–Kier alpha value is -9.72. The van der Waals surface area contributed by atoms with Gasteiger partial charge in [-0.1, -0.05) is 158 Å².